The molecule has 0 aliphatic carbocycles. The summed E-state index contributed by atoms with van der Waals surface area (Å²) >= 11 is 0. The first-order chi connectivity index (χ1) is 13.0. The molecule has 0 aromatic heterocycles. The van der Waals surface area contributed by atoms with Gasteiger partial charge < -0.3 is 20.4 Å². The Balaban J connectivity index is 0.00000392. The van der Waals surface area contributed by atoms with Crippen molar-refractivity contribution in [2.45, 2.75) is 39.3 Å². The normalized spacial score (nSPS) is 16.1. The average molecular weight is 505 g/mol. The van der Waals surface area contributed by atoms with E-state index >= 15 is 0 Å². The molecule has 2 rings (SSSR count). The highest BCUT2D eigenvalue weighted by molar-refractivity contribution is 14.0. The van der Waals surface area contributed by atoms with Crippen molar-refractivity contribution in [3.05, 3.63) is 35.1 Å². The van der Waals surface area contributed by atoms with Gasteiger partial charge in [-0.15, -0.1) is 24.0 Å². The molecule has 5 nitrogen and oxygen atoms in total. The number of rotatable bonds is 8. The molecule has 0 spiro atoms. The van der Waals surface area contributed by atoms with Crippen molar-refractivity contribution in [3.63, 3.8) is 0 Å². The SMILES string of the molecule is CN=C(NCCCN1CCC(C)CC1)NCc1ccc(F)c(CN(C)C)c1.I. The predicted molar refractivity (Wildman–Crippen MR) is 127 cm³/mol. The second-order valence-corrected chi connectivity index (χ2v) is 7.89. The number of guanidine groups is 1. The smallest absolute Gasteiger partial charge is 0.191 e. The van der Waals surface area contributed by atoms with Crippen molar-refractivity contribution < 1.29 is 4.39 Å². The van der Waals surface area contributed by atoms with Crippen LogP contribution in [0.25, 0.3) is 0 Å². The van der Waals surface area contributed by atoms with Crippen LogP contribution in [0.3, 0.4) is 0 Å². The molecule has 0 amide bonds. The third-order valence-corrected chi connectivity index (χ3v) is 5.10. The third-order valence-electron chi connectivity index (χ3n) is 5.10. The van der Waals surface area contributed by atoms with Crippen LogP contribution in [0.4, 0.5) is 4.39 Å². The predicted octanol–water partition coefficient (Wildman–Crippen LogP) is 3.29. The van der Waals surface area contributed by atoms with E-state index in [4.69, 9.17) is 0 Å². The van der Waals surface area contributed by atoms with E-state index in [2.05, 4.69) is 27.4 Å². The minimum absolute atomic E-state index is 0. The first kappa shape index (κ1) is 25.1. The molecule has 7 heteroatoms. The lowest BCUT2D eigenvalue weighted by atomic mass is 9.99. The summed E-state index contributed by atoms with van der Waals surface area (Å²) in [6.07, 6.45) is 3.76. The van der Waals surface area contributed by atoms with Crippen molar-refractivity contribution in [1.29, 1.82) is 0 Å². The van der Waals surface area contributed by atoms with Crippen LogP contribution < -0.4 is 10.6 Å². The van der Waals surface area contributed by atoms with Crippen LogP contribution in [-0.2, 0) is 13.1 Å². The minimum Gasteiger partial charge on any atom is -0.356 e. The van der Waals surface area contributed by atoms with Gasteiger partial charge in [-0.3, -0.25) is 4.99 Å². The van der Waals surface area contributed by atoms with Gasteiger partial charge in [-0.2, -0.15) is 0 Å². The van der Waals surface area contributed by atoms with Gasteiger partial charge in [0.15, 0.2) is 5.96 Å². The largest absolute Gasteiger partial charge is 0.356 e. The van der Waals surface area contributed by atoms with Gasteiger partial charge in [-0.1, -0.05) is 13.0 Å². The summed E-state index contributed by atoms with van der Waals surface area (Å²) in [7, 11) is 5.67. The van der Waals surface area contributed by atoms with Crippen LogP contribution in [0.2, 0.25) is 0 Å². The highest BCUT2D eigenvalue weighted by atomic mass is 127. The average Bonchev–Trinajstić information content (AvgIpc) is 2.64. The Kier molecular flexibility index (Phi) is 11.9. The zero-order chi connectivity index (χ0) is 19.6. The van der Waals surface area contributed by atoms with Crippen LogP contribution in [0.1, 0.15) is 37.3 Å². The quantitative estimate of drug-likeness (QED) is 0.246. The topological polar surface area (TPSA) is 42.9 Å². The van der Waals surface area contributed by atoms with Gasteiger partial charge in [0.2, 0.25) is 0 Å². The van der Waals surface area contributed by atoms with E-state index in [-0.39, 0.29) is 29.8 Å². The van der Waals surface area contributed by atoms with E-state index in [1.54, 1.807) is 13.1 Å². The highest BCUT2D eigenvalue weighted by Gasteiger charge is 2.14. The zero-order valence-electron chi connectivity index (χ0n) is 17.8. The molecule has 1 heterocycles. The number of benzene rings is 1. The molecule has 0 unspecified atom stereocenters. The Morgan fingerprint density at radius 1 is 1.25 bits per heavy atom. The number of likely N-dealkylation sites (tertiary alicyclic amines) is 1. The molecular weight excluding hydrogens is 468 g/mol. The Morgan fingerprint density at radius 3 is 2.61 bits per heavy atom. The van der Waals surface area contributed by atoms with E-state index in [1.165, 1.54) is 25.9 Å². The second-order valence-electron chi connectivity index (χ2n) is 7.89. The van der Waals surface area contributed by atoms with Crippen LogP contribution in [0, 0.1) is 11.7 Å². The molecule has 1 aliphatic rings. The summed E-state index contributed by atoms with van der Waals surface area (Å²) < 4.78 is 13.9. The molecule has 160 valence electrons. The van der Waals surface area contributed by atoms with Gasteiger partial charge in [0.05, 0.1) is 0 Å². The number of nitrogens with one attached hydrogen (secondary N) is 2. The van der Waals surface area contributed by atoms with E-state index in [0.29, 0.717) is 13.1 Å². The van der Waals surface area contributed by atoms with E-state index in [9.17, 15) is 4.39 Å². The van der Waals surface area contributed by atoms with E-state index in [0.717, 1.165) is 42.5 Å². The summed E-state index contributed by atoms with van der Waals surface area (Å²) in [5.41, 5.74) is 1.77. The van der Waals surface area contributed by atoms with Crippen molar-refractivity contribution in [2.75, 3.05) is 47.3 Å². The van der Waals surface area contributed by atoms with Crippen molar-refractivity contribution in [2.24, 2.45) is 10.9 Å². The number of hydrogen-bond acceptors (Lipinski definition) is 3. The molecule has 2 N–H and O–H groups in total. The Bertz CT molecular complexity index is 600. The molecule has 0 saturated carbocycles. The summed E-state index contributed by atoms with van der Waals surface area (Å²) in [6.45, 7) is 8.08. The van der Waals surface area contributed by atoms with E-state index in [1.807, 2.05) is 31.1 Å². The number of hydrogen-bond donors (Lipinski definition) is 2. The maximum absolute atomic E-state index is 13.9. The zero-order valence-corrected chi connectivity index (χ0v) is 20.1. The third kappa shape index (κ3) is 9.05. The number of halogens is 2. The lowest BCUT2D eigenvalue weighted by Crippen LogP contribution is -2.39. The minimum atomic E-state index is -0.151. The Labute approximate surface area is 187 Å². The first-order valence-electron chi connectivity index (χ1n) is 10.1. The molecule has 0 bridgehead atoms. The molecule has 1 aliphatic heterocycles. The van der Waals surface area contributed by atoms with Crippen LogP contribution in [-0.4, -0.2) is 63.1 Å². The summed E-state index contributed by atoms with van der Waals surface area (Å²) in [6, 6.07) is 5.30. The molecule has 1 saturated heterocycles. The molecular formula is C21H37FIN5. The standard InChI is InChI=1S/C21H36FN5.HI/c1-17-8-12-27(13-9-17)11-5-10-24-21(23-2)25-15-18-6-7-20(22)19(14-18)16-26(3)4;/h6-7,14,17H,5,8-13,15-16H2,1-4H3,(H2,23,24,25);1H. The maximum Gasteiger partial charge on any atom is 0.191 e. The fraction of sp³-hybridized carbons (Fsp3) is 0.667. The Hall–Kier alpha value is -0.930. The number of nitrogens with zero attached hydrogens (tertiary/aromatic N) is 3. The summed E-state index contributed by atoms with van der Waals surface area (Å²) in [5.74, 6) is 1.52. The molecule has 28 heavy (non-hydrogen) atoms. The van der Waals surface area contributed by atoms with Crippen LogP contribution >= 0.6 is 24.0 Å². The van der Waals surface area contributed by atoms with Crippen LogP contribution in [0.15, 0.2) is 23.2 Å². The fourth-order valence-electron chi connectivity index (χ4n) is 3.40. The lowest BCUT2D eigenvalue weighted by Gasteiger charge is -2.30. The van der Waals surface area contributed by atoms with Gasteiger partial charge in [0.1, 0.15) is 5.82 Å². The van der Waals surface area contributed by atoms with Gasteiger partial charge in [0.25, 0.3) is 0 Å². The van der Waals surface area contributed by atoms with Crippen molar-refractivity contribution >= 4 is 29.9 Å². The lowest BCUT2D eigenvalue weighted by molar-refractivity contribution is 0.191. The molecule has 1 aromatic rings. The highest BCUT2D eigenvalue weighted by Crippen LogP contribution is 2.15. The summed E-state index contributed by atoms with van der Waals surface area (Å²) in [5, 5.41) is 6.70. The van der Waals surface area contributed by atoms with Gasteiger partial charge in [0, 0.05) is 32.2 Å². The Morgan fingerprint density at radius 2 is 1.96 bits per heavy atom. The summed E-state index contributed by atoms with van der Waals surface area (Å²) in [4.78, 5) is 8.81. The monoisotopic (exact) mass is 505 g/mol. The van der Waals surface area contributed by atoms with Gasteiger partial charge in [-0.25, -0.2) is 4.39 Å². The molecule has 1 fully saturated rings. The molecule has 1 aromatic carbocycles. The van der Waals surface area contributed by atoms with Crippen molar-refractivity contribution in [3.8, 4) is 0 Å². The fourth-order valence-corrected chi connectivity index (χ4v) is 3.40. The second kappa shape index (κ2) is 13.3. The maximum atomic E-state index is 13.9. The number of piperidine rings is 1. The van der Waals surface area contributed by atoms with Gasteiger partial charge >= 0.3 is 0 Å². The van der Waals surface area contributed by atoms with E-state index < -0.39 is 0 Å². The van der Waals surface area contributed by atoms with Gasteiger partial charge in [-0.05, 0) is 76.6 Å². The molecule has 0 radical (unpaired) electrons. The number of aliphatic imine (C=N–C) groups is 1. The first-order valence-corrected chi connectivity index (χ1v) is 10.1. The molecule has 0 atom stereocenters. The van der Waals surface area contributed by atoms with Crippen LogP contribution in [0.5, 0.6) is 0 Å². The van der Waals surface area contributed by atoms with Crippen molar-refractivity contribution in [1.82, 2.24) is 20.4 Å².